The lowest BCUT2D eigenvalue weighted by atomic mass is 10.3. The van der Waals surface area contributed by atoms with E-state index in [1.807, 2.05) is 0 Å². The molecule has 2 rings (SSSR count). The highest BCUT2D eigenvalue weighted by molar-refractivity contribution is 7.89. The third kappa shape index (κ3) is 2.36. The molecule has 1 aromatic rings. The van der Waals surface area contributed by atoms with Crippen molar-refractivity contribution in [3.63, 3.8) is 0 Å². The maximum Gasteiger partial charge on any atom is 0.242 e. The van der Waals surface area contributed by atoms with Gasteiger partial charge in [-0.3, -0.25) is 4.79 Å². The van der Waals surface area contributed by atoms with Crippen molar-refractivity contribution in [3.05, 3.63) is 24.3 Å². The van der Waals surface area contributed by atoms with E-state index in [-0.39, 0.29) is 22.6 Å². The molecule has 0 bridgehead atoms. The Hall–Kier alpha value is -1.11. The minimum absolute atomic E-state index is 0.0895. The zero-order valence-corrected chi connectivity index (χ0v) is 11.3. The summed E-state index contributed by atoms with van der Waals surface area (Å²) in [5.74, 6) is -0.159. The van der Waals surface area contributed by atoms with Crippen molar-refractivity contribution in [2.45, 2.75) is 16.7 Å². The zero-order chi connectivity index (χ0) is 13.3. The first kappa shape index (κ1) is 13.3. The number of carbonyl (C=O) groups excluding carboxylic acids is 1. The average Bonchev–Trinajstić information content (AvgIpc) is 2.68. The fourth-order valence-electron chi connectivity index (χ4n) is 1.91. The molecule has 7 heteroatoms. The van der Waals surface area contributed by atoms with Crippen LogP contribution in [0.1, 0.15) is 6.42 Å². The fourth-order valence-corrected chi connectivity index (χ4v) is 3.12. The highest BCUT2D eigenvalue weighted by Crippen LogP contribution is 2.29. The summed E-state index contributed by atoms with van der Waals surface area (Å²) in [6, 6.07) is 6.39. The third-order valence-electron chi connectivity index (χ3n) is 2.79. The Labute approximate surface area is 111 Å². The van der Waals surface area contributed by atoms with Crippen molar-refractivity contribution in [1.29, 1.82) is 0 Å². The summed E-state index contributed by atoms with van der Waals surface area (Å²) in [4.78, 5) is 13.3. The third-order valence-corrected chi connectivity index (χ3v) is 4.55. The van der Waals surface area contributed by atoms with Gasteiger partial charge in [-0.05, 0) is 19.2 Å². The Morgan fingerprint density at radius 2 is 2.06 bits per heavy atom. The number of hydrogen-bond acceptors (Lipinski definition) is 3. The van der Waals surface area contributed by atoms with Crippen LogP contribution >= 0.6 is 11.6 Å². The van der Waals surface area contributed by atoms with Crippen molar-refractivity contribution in [1.82, 2.24) is 4.72 Å². The number of rotatable bonds is 3. The van der Waals surface area contributed by atoms with Crippen LogP contribution in [0.25, 0.3) is 0 Å². The van der Waals surface area contributed by atoms with Gasteiger partial charge in [0.15, 0.2) is 0 Å². The molecule has 18 heavy (non-hydrogen) atoms. The Morgan fingerprint density at radius 3 is 2.61 bits per heavy atom. The van der Waals surface area contributed by atoms with Gasteiger partial charge in [0.25, 0.3) is 0 Å². The zero-order valence-electron chi connectivity index (χ0n) is 9.76. The van der Waals surface area contributed by atoms with Gasteiger partial charge < -0.3 is 4.90 Å². The second-order valence-electron chi connectivity index (χ2n) is 3.98. The number of carbonyl (C=O) groups is 1. The van der Waals surface area contributed by atoms with E-state index in [1.54, 1.807) is 18.2 Å². The molecule has 1 fully saturated rings. The number of sulfonamides is 1. The molecule has 1 amide bonds. The summed E-state index contributed by atoms with van der Waals surface area (Å²) in [5, 5.41) is -0.275. The second kappa shape index (κ2) is 4.87. The molecule has 0 spiro atoms. The van der Waals surface area contributed by atoms with E-state index < -0.39 is 10.0 Å². The van der Waals surface area contributed by atoms with Crippen LogP contribution in [-0.4, -0.2) is 33.3 Å². The van der Waals surface area contributed by atoms with Crippen LogP contribution < -0.4 is 9.62 Å². The molecular weight excluding hydrogens is 276 g/mol. The summed E-state index contributed by atoms with van der Waals surface area (Å²) in [7, 11) is -2.26. The Balaban J connectivity index is 2.50. The van der Waals surface area contributed by atoms with E-state index >= 15 is 0 Å². The van der Waals surface area contributed by atoms with Gasteiger partial charge in [0.1, 0.15) is 4.90 Å². The van der Waals surface area contributed by atoms with Gasteiger partial charge in [-0.2, -0.15) is 0 Å². The summed E-state index contributed by atoms with van der Waals surface area (Å²) in [5.41, 5.74) is 0.375. The highest BCUT2D eigenvalue weighted by Gasteiger charge is 2.32. The van der Waals surface area contributed by atoms with Crippen molar-refractivity contribution >= 4 is 33.2 Å². The Morgan fingerprint density at radius 1 is 1.39 bits per heavy atom. The predicted molar refractivity (Wildman–Crippen MR) is 69.3 cm³/mol. The molecule has 1 aromatic carbocycles. The molecule has 1 N–H and O–H groups in total. The van der Waals surface area contributed by atoms with E-state index in [2.05, 4.69) is 4.72 Å². The predicted octanol–water partition coefficient (Wildman–Crippen LogP) is 0.939. The SMILES string of the molecule is CNS(=O)(=O)c1ccccc1N1CC(Cl)CC1=O. The molecule has 1 aliphatic heterocycles. The standard InChI is InChI=1S/C11H13ClN2O3S/c1-13-18(16,17)10-5-3-2-4-9(10)14-7-8(12)6-11(14)15/h2-5,8,13H,6-7H2,1H3. The molecule has 0 aromatic heterocycles. The van der Waals surface area contributed by atoms with Crippen LogP contribution in [0.5, 0.6) is 0 Å². The maximum atomic E-state index is 11.9. The molecule has 1 atom stereocenters. The van der Waals surface area contributed by atoms with E-state index in [0.29, 0.717) is 12.2 Å². The number of alkyl halides is 1. The molecule has 0 aliphatic carbocycles. The quantitative estimate of drug-likeness (QED) is 0.842. The van der Waals surface area contributed by atoms with Crippen LogP contribution in [0.15, 0.2) is 29.2 Å². The van der Waals surface area contributed by atoms with Crippen LogP contribution in [0.2, 0.25) is 0 Å². The van der Waals surface area contributed by atoms with Crippen LogP contribution in [-0.2, 0) is 14.8 Å². The van der Waals surface area contributed by atoms with E-state index in [9.17, 15) is 13.2 Å². The van der Waals surface area contributed by atoms with Gasteiger partial charge in [-0.25, -0.2) is 13.1 Å². The lowest BCUT2D eigenvalue weighted by molar-refractivity contribution is -0.117. The average molecular weight is 289 g/mol. The number of halogens is 1. The van der Waals surface area contributed by atoms with Crippen LogP contribution in [0, 0.1) is 0 Å². The monoisotopic (exact) mass is 288 g/mol. The van der Waals surface area contributed by atoms with Gasteiger partial charge in [0.2, 0.25) is 15.9 Å². The smallest absolute Gasteiger partial charge is 0.242 e. The summed E-state index contributed by atoms with van der Waals surface area (Å²) >= 11 is 5.92. The fraction of sp³-hybridized carbons (Fsp3) is 0.364. The molecule has 1 heterocycles. The molecule has 1 unspecified atom stereocenters. The van der Waals surface area contributed by atoms with Crippen LogP contribution in [0.4, 0.5) is 5.69 Å². The number of amides is 1. The van der Waals surface area contributed by atoms with E-state index in [1.165, 1.54) is 18.0 Å². The first-order chi connectivity index (χ1) is 8.45. The summed E-state index contributed by atoms with van der Waals surface area (Å²) in [6.07, 6.45) is 0.232. The van der Waals surface area contributed by atoms with E-state index in [0.717, 1.165) is 0 Å². The second-order valence-corrected chi connectivity index (χ2v) is 6.45. The molecule has 5 nitrogen and oxygen atoms in total. The number of nitrogens with zero attached hydrogens (tertiary/aromatic N) is 1. The highest BCUT2D eigenvalue weighted by atomic mass is 35.5. The topological polar surface area (TPSA) is 66.5 Å². The first-order valence-corrected chi connectivity index (χ1v) is 7.34. The lowest BCUT2D eigenvalue weighted by Crippen LogP contribution is -2.28. The van der Waals surface area contributed by atoms with Crippen molar-refractivity contribution < 1.29 is 13.2 Å². The van der Waals surface area contributed by atoms with Crippen LogP contribution in [0.3, 0.4) is 0 Å². The molecule has 98 valence electrons. The minimum Gasteiger partial charge on any atom is -0.310 e. The maximum absolute atomic E-state index is 11.9. The van der Waals surface area contributed by atoms with Crippen molar-refractivity contribution in [2.24, 2.45) is 0 Å². The van der Waals surface area contributed by atoms with Crippen molar-refractivity contribution in [3.8, 4) is 0 Å². The molecule has 1 saturated heterocycles. The lowest BCUT2D eigenvalue weighted by Gasteiger charge is -2.19. The number of benzene rings is 1. The van der Waals surface area contributed by atoms with Gasteiger partial charge in [0.05, 0.1) is 11.1 Å². The van der Waals surface area contributed by atoms with Gasteiger partial charge in [-0.15, -0.1) is 11.6 Å². The number of para-hydroxylation sites is 1. The largest absolute Gasteiger partial charge is 0.310 e. The minimum atomic E-state index is -3.59. The van der Waals surface area contributed by atoms with E-state index in [4.69, 9.17) is 11.6 Å². The molecule has 0 radical (unpaired) electrons. The van der Waals surface area contributed by atoms with Gasteiger partial charge in [0, 0.05) is 13.0 Å². The molecular formula is C11H13ClN2O3S. The Bertz CT molecular complexity index is 573. The van der Waals surface area contributed by atoms with Gasteiger partial charge in [-0.1, -0.05) is 12.1 Å². The normalized spacial score (nSPS) is 20.4. The first-order valence-electron chi connectivity index (χ1n) is 5.42. The molecule has 0 saturated carbocycles. The molecule has 1 aliphatic rings. The number of anilines is 1. The summed E-state index contributed by atoms with van der Waals surface area (Å²) in [6.45, 7) is 0.330. The Kier molecular flexibility index (Phi) is 3.61. The van der Waals surface area contributed by atoms with Crippen molar-refractivity contribution in [2.75, 3.05) is 18.5 Å². The summed E-state index contributed by atoms with van der Waals surface area (Å²) < 4.78 is 26.0. The number of hydrogen-bond donors (Lipinski definition) is 1. The van der Waals surface area contributed by atoms with Gasteiger partial charge >= 0.3 is 0 Å². The number of nitrogens with one attached hydrogen (secondary N) is 1.